The topological polar surface area (TPSA) is 0 Å². The fourth-order valence-corrected chi connectivity index (χ4v) is 0.0514. The van der Waals surface area contributed by atoms with Crippen LogP contribution in [-0.2, 0) is 0 Å². The van der Waals surface area contributed by atoms with Crippen molar-refractivity contribution in [3.05, 3.63) is 12.7 Å². The van der Waals surface area contributed by atoms with Gasteiger partial charge in [0.1, 0.15) is 0 Å². The molecule has 0 aliphatic heterocycles. The first-order chi connectivity index (χ1) is 2.81. The summed E-state index contributed by atoms with van der Waals surface area (Å²) in [4.78, 5) is 0. The van der Waals surface area contributed by atoms with Crippen molar-refractivity contribution in [1.82, 2.24) is 0 Å². The van der Waals surface area contributed by atoms with Gasteiger partial charge in [0.2, 0.25) is 0 Å². The molecule has 0 fully saturated rings. The second kappa shape index (κ2) is 2.88. The van der Waals surface area contributed by atoms with Crippen LogP contribution in [0, 0.1) is 12.5 Å². The minimum Gasteiger partial charge on any atom is -0.250 e. The van der Waals surface area contributed by atoms with Gasteiger partial charge in [-0.1, -0.05) is 19.6 Å². The minimum absolute atomic E-state index is 0.0787. The smallest absolute Gasteiger partial charge is 0.0954 e. The van der Waals surface area contributed by atoms with Crippen LogP contribution in [0.4, 0.5) is 4.39 Å². The van der Waals surface area contributed by atoms with E-state index in [0.717, 1.165) is 0 Å². The van der Waals surface area contributed by atoms with Crippen molar-refractivity contribution in [3.63, 3.8) is 0 Å². The molecule has 0 aliphatic rings. The molecule has 1 unspecified atom stereocenters. The molecule has 0 aromatic rings. The maximum Gasteiger partial charge on any atom is 0.0954 e. The standard InChI is InChI=1S/C5H8F/c1-3-5(2)4-6/h1,3,5H,4H2,2H3. The van der Waals surface area contributed by atoms with Crippen LogP contribution in [0.25, 0.3) is 0 Å². The molecule has 0 heterocycles. The number of hydrogen-bond acceptors (Lipinski definition) is 0. The monoisotopic (exact) mass is 87.1 g/mol. The Bertz CT molecular complexity index is 41.2. The predicted octanol–water partition coefficient (Wildman–Crippen LogP) is 1.58. The zero-order valence-electron chi connectivity index (χ0n) is 3.82. The third-order valence-electron chi connectivity index (χ3n) is 0.572. The van der Waals surface area contributed by atoms with Crippen molar-refractivity contribution in [3.8, 4) is 0 Å². The fourth-order valence-electron chi connectivity index (χ4n) is 0.0514. The van der Waals surface area contributed by atoms with E-state index >= 15 is 0 Å². The van der Waals surface area contributed by atoms with E-state index in [-0.39, 0.29) is 12.6 Å². The lowest BCUT2D eigenvalue weighted by molar-refractivity contribution is 0.430. The summed E-state index contributed by atoms with van der Waals surface area (Å²) in [7, 11) is 0. The molecule has 0 amide bonds. The lowest BCUT2D eigenvalue weighted by Crippen LogP contribution is -1.87. The number of allylic oxidation sites excluding steroid dienone is 1. The van der Waals surface area contributed by atoms with Gasteiger partial charge in [0.25, 0.3) is 0 Å². The van der Waals surface area contributed by atoms with E-state index in [2.05, 4.69) is 0 Å². The van der Waals surface area contributed by atoms with E-state index in [1.807, 2.05) is 0 Å². The molecule has 35 valence electrons. The SMILES string of the molecule is [CH]=CC(C)CF. The number of hydrogen-bond donors (Lipinski definition) is 0. The molecule has 0 N–H and O–H groups in total. The van der Waals surface area contributed by atoms with Gasteiger partial charge in [-0.3, -0.25) is 4.39 Å². The summed E-state index contributed by atoms with van der Waals surface area (Å²) in [5.74, 6) is -0.0787. The summed E-state index contributed by atoms with van der Waals surface area (Å²) in [6.07, 6.45) is 1.35. The summed E-state index contributed by atoms with van der Waals surface area (Å²) < 4.78 is 11.3. The molecule has 0 aromatic heterocycles. The van der Waals surface area contributed by atoms with Crippen molar-refractivity contribution in [1.29, 1.82) is 0 Å². The predicted molar refractivity (Wildman–Crippen MR) is 24.0 cm³/mol. The van der Waals surface area contributed by atoms with E-state index < -0.39 is 0 Å². The summed E-state index contributed by atoms with van der Waals surface area (Å²) in [5.41, 5.74) is 0. The van der Waals surface area contributed by atoms with Crippen molar-refractivity contribution in [2.45, 2.75) is 6.92 Å². The molecule has 0 saturated heterocycles. The van der Waals surface area contributed by atoms with Crippen LogP contribution >= 0.6 is 0 Å². The van der Waals surface area contributed by atoms with Gasteiger partial charge in [-0.05, 0) is 0 Å². The molecular formula is C5H8F. The van der Waals surface area contributed by atoms with Gasteiger partial charge < -0.3 is 0 Å². The molecule has 0 spiro atoms. The second-order valence-corrected chi connectivity index (χ2v) is 1.32. The molecule has 0 aliphatic carbocycles. The Morgan fingerprint density at radius 3 is 2.50 bits per heavy atom. The second-order valence-electron chi connectivity index (χ2n) is 1.32. The number of alkyl halides is 1. The Kier molecular flexibility index (Phi) is 2.73. The van der Waals surface area contributed by atoms with Gasteiger partial charge in [-0.25, -0.2) is 0 Å². The Hall–Kier alpha value is -0.330. The van der Waals surface area contributed by atoms with Crippen molar-refractivity contribution in [2.24, 2.45) is 5.92 Å². The normalized spacial score (nSPS) is 13.7. The van der Waals surface area contributed by atoms with E-state index in [9.17, 15) is 4.39 Å². The van der Waals surface area contributed by atoms with Crippen LogP contribution in [0.3, 0.4) is 0 Å². The largest absolute Gasteiger partial charge is 0.250 e. The van der Waals surface area contributed by atoms with Crippen LogP contribution in [-0.4, -0.2) is 6.67 Å². The molecule has 1 atom stereocenters. The minimum atomic E-state index is -0.351. The first-order valence-corrected chi connectivity index (χ1v) is 1.92. The number of rotatable bonds is 2. The van der Waals surface area contributed by atoms with Crippen LogP contribution in [0.15, 0.2) is 6.08 Å². The van der Waals surface area contributed by atoms with Crippen LogP contribution in [0.5, 0.6) is 0 Å². The zero-order valence-corrected chi connectivity index (χ0v) is 3.82. The lowest BCUT2D eigenvalue weighted by atomic mass is 10.2. The number of halogens is 1. The Labute approximate surface area is 37.7 Å². The first-order valence-electron chi connectivity index (χ1n) is 1.92. The average Bonchev–Trinajstić information content (AvgIpc) is 1.65. The summed E-state index contributed by atoms with van der Waals surface area (Å²) >= 11 is 0. The van der Waals surface area contributed by atoms with Crippen LogP contribution in [0.2, 0.25) is 0 Å². The van der Waals surface area contributed by atoms with Gasteiger partial charge in [0.15, 0.2) is 0 Å². The summed E-state index contributed by atoms with van der Waals surface area (Å²) in [6.45, 7) is 6.29. The summed E-state index contributed by atoms with van der Waals surface area (Å²) in [5, 5.41) is 0. The van der Waals surface area contributed by atoms with Crippen LogP contribution < -0.4 is 0 Å². The Morgan fingerprint density at radius 1 is 2.00 bits per heavy atom. The molecule has 6 heavy (non-hydrogen) atoms. The Balaban J connectivity index is 2.96. The maximum atomic E-state index is 11.3. The van der Waals surface area contributed by atoms with Gasteiger partial charge in [-0.15, -0.1) is 0 Å². The van der Waals surface area contributed by atoms with E-state index in [4.69, 9.17) is 6.58 Å². The van der Waals surface area contributed by atoms with Crippen molar-refractivity contribution < 1.29 is 4.39 Å². The van der Waals surface area contributed by atoms with Crippen molar-refractivity contribution in [2.75, 3.05) is 6.67 Å². The van der Waals surface area contributed by atoms with Crippen LogP contribution in [0.1, 0.15) is 6.92 Å². The molecule has 0 nitrogen and oxygen atoms in total. The Morgan fingerprint density at radius 2 is 2.50 bits per heavy atom. The van der Waals surface area contributed by atoms with Gasteiger partial charge >= 0.3 is 0 Å². The third kappa shape index (κ3) is 1.94. The van der Waals surface area contributed by atoms with Gasteiger partial charge in [0.05, 0.1) is 6.67 Å². The fraction of sp³-hybridized carbons (Fsp3) is 0.600. The molecule has 0 saturated carbocycles. The van der Waals surface area contributed by atoms with E-state index in [0.29, 0.717) is 0 Å². The van der Waals surface area contributed by atoms with E-state index in [1.54, 1.807) is 6.92 Å². The highest BCUT2D eigenvalue weighted by molar-refractivity contribution is 4.69. The van der Waals surface area contributed by atoms with Gasteiger partial charge in [0, 0.05) is 5.92 Å². The molecule has 0 rings (SSSR count). The molecule has 0 bridgehead atoms. The van der Waals surface area contributed by atoms with Crippen molar-refractivity contribution >= 4 is 0 Å². The highest BCUT2D eigenvalue weighted by Crippen LogP contribution is 1.92. The highest BCUT2D eigenvalue weighted by Gasteiger charge is 1.88. The third-order valence-corrected chi connectivity index (χ3v) is 0.572. The summed E-state index contributed by atoms with van der Waals surface area (Å²) in [6, 6.07) is 0. The first kappa shape index (κ1) is 5.67. The molecule has 1 heteroatoms. The highest BCUT2D eigenvalue weighted by atomic mass is 19.1. The average molecular weight is 87.1 g/mol. The zero-order chi connectivity index (χ0) is 4.99. The maximum absolute atomic E-state index is 11.3. The quantitative estimate of drug-likeness (QED) is 0.479. The molecule has 0 aromatic carbocycles. The van der Waals surface area contributed by atoms with Gasteiger partial charge in [-0.2, -0.15) is 0 Å². The molecular weight excluding hydrogens is 79.1 g/mol. The lowest BCUT2D eigenvalue weighted by Gasteiger charge is -1.90. The van der Waals surface area contributed by atoms with E-state index in [1.165, 1.54) is 6.08 Å². The molecule has 1 radical (unpaired) electrons.